The number of aliphatic hydroxyl groups is 2. The summed E-state index contributed by atoms with van der Waals surface area (Å²) in [5.74, 6) is -0.0468. The fourth-order valence-corrected chi connectivity index (χ4v) is 8.72. The lowest BCUT2D eigenvalue weighted by Gasteiger charge is -2.22. The van der Waals surface area contributed by atoms with E-state index >= 15 is 0 Å². The smallest absolute Gasteiger partial charge is 0.305 e. The Morgan fingerprint density at radius 2 is 0.769 bits per heavy atom. The predicted molar refractivity (Wildman–Crippen MR) is 283 cm³/mol. The maximum absolute atomic E-state index is 12.4. The minimum Gasteiger partial charge on any atom is -0.466 e. The number of amides is 1. The summed E-state index contributed by atoms with van der Waals surface area (Å²) >= 11 is 0. The highest BCUT2D eigenvalue weighted by molar-refractivity contribution is 5.76. The van der Waals surface area contributed by atoms with Crippen molar-refractivity contribution in [3.05, 3.63) is 36.5 Å². The average molecular weight is 915 g/mol. The van der Waals surface area contributed by atoms with Crippen LogP contribution < -0.4 is 5.32 Å². The highest BCUT2D eigenvalue weighted by atomic mass is 16.5. The van der Waals surface area contributed by atoms with Crippen LogP contribution >= 0.6 is 0 Å². The van der Waals surface area contributed by atoms with Crippen LogP contribution in [0.2, 0.25) is 0 Å². The summed E-state index contributed by atoms with van der Waals surface area (Å²) < 4.78 is 5.48. The first-order valence-electron chi connectivity index (χ1n) is 28.7. The largest absolute Gasteiger partial charge is 0.466 e. The molecule has 6 heteroatoms. The molecule has 2 unspecified atom stereocenters. The summed E-state index contributed by atoms with van der Waals surface area (Å²) in [7, 11) is 0. The number of esters is 1. The fraction of sp³-hybridized carbons (Fsp3) is 0.864. The second-order valence-electron chi connectivity index (χ2n) is 19.6. The molecule has 0 bridgehead atoms. The first-order chi connectivity index (χ1) is 32.0. The van der Waals surface area contributed by atoms with Crippen LogP contribution in [-0.4, -0.2) is 47.4 Å². The molecule has 2 atom stereocenters. The third-order valence-electron chi connectivity index (χ3n) is 13.2. The summed E-state index contributed by atoms with van der Waals surface area (Å²) in [6, 6.07) is -0.547. The molecule has 0 aliphatic carbocycles. The SMILES string of the molecule is CCCCC/C=C\C/C=C\CCCCCCCCCC(=O)OCCCCCCCCCCC/C=C\CCCCCCCCCC(=O)NC(CO)C(O)CCCCCCCCCCCCC. The van der Waals surface area contributed by atoms with E-state index in [1.54, 1.807) is 0 Å². The highest BCUT2D eigenvalue weighted by Gasteiger charge is 2.20. The van der Waals surface area contributed by atoms with Crippen LogP contribution in [0.25, 0.3) is 0 Å². The van der Waals surface area contributed by atoms with Crippen LogP contribution in [0.3, 0.4) is 0 Å². The molecule has 6 nitrogen and oxygen atoms in total. The van der Waals surface area contributed by atoms with Gasteiger partial charge in [-0.1, -0.05) is 243 Å². The van der Waals surface area contributed by atoms with E-state index < -0.39 is 12.1 Å². The average Bonchev–Trinajstić information content (AvgIpc) is 3.31. The Balaban J connectivity index is 3.42. The summed E-state index contributed by atoms with van der Waals surface area (Å²) in [6.07, 6.45) is 67.1. The van der Waals surface area contributed by atoms with Gasteiger partial charge in [-0.25, -0.2) is 0 Å². The third-order valence-corrected chi connectivity index (χ3v) is 13.2. The number of aliphatic hydroxyl groups excluding tert-OH is 2. The lowest BCUT2D eigenvalue weighted by Crippen LogP contribution is -2.45. The molecule has 1 amide bonds. The molecular weight excluding hydrogens is 803 g/mol. The van der Waals surface area contributed by atoms with Crippen LogP contribution in [0.4, 0.5) is 0 Å². The van der Waals surface area contributed by atoms with Gasteiger partial charge in [0.05, 0.1) is 25.4 Å². The molecule has 3 N–H and O–H groups in total. The second-order valence-corrected chi connectivity index (χ2v) is 19.6. The standard InChI is InChI=1S/C59H111NO5/c1-3-5-7-9-11-13-15-16-17-22-26-29-33-37-41-45-49-53-59(64)65-54-50-46-42-38-34-30-27-24-21-19-18-20-23-25-28-32-36-40-44-48-52-58(63)60-56(55-61)57(62)51-47-43-39-35-31-14-12-10-8-6-4-2/h11,13,16-18,20,56-57,61-62H,3-10,12,14-15,19,21-55H2,1-2H3,(H,60,63)/b13-11-,17-16-,20-18-. The van der Waals surface area contributed by atoms with Crippen LogP contribution in [0, 0.1) is 0 Å². The monoisotopic (exact) mass is 914 g/mol. The van der Waals surface area contributed by atoms with E-state index in [1.165, 1.54) is 218 Å². The zero-order chi connectivity index (χ0) is 47.2. The molecule has 0 heterocycles. The molecule has 0 aliphatic heterocycles. The van der Waals surface area contributed by atoms with Crippen molar-refractivity contribution in [1.82, 2.24) is 5.32 Å². The topological polar surface area (TPSA) is 95.9 Å². The van der Waals surface area contributed by atoms with Gasteiger partial charge in [-0.15, -0.1) is 0 Å². The highest BCUT2D eigenvalue weighted by Crippen LogP contribution is 2.16. The Hall–Kier alpha value is -1.92. The van der Waals surface area contributed by atoms with Crippen LogP contribution in [0.15, 0.2) is 36.5 Å². The summed E-state index contributed by atoms with van der Waals surface area (Å²) in [5.41, 5.74) is 0. The molecule has 0 aliphatic rings. The quantitative estimate of drug-likeness (QED) is 0.0321. The molecule has 0 aromatic rings. The predicted octanol–water partition coefficient (Wildman–Crippen LogP) is 17.6. The van der Waals surface area contributed by atoms with Crippen LogP contribution in [0.1, 0.15) is 303 Å². The van der Waals surface area contributed by atoms with Gasteiger partial charge in [0.25, 0.3) is 0 Å². The second kappa shape index (κ2) is 54.7. The van der Waals surface area contributed by atoms with Gasteiger partial charge in [0, 0.05) is 12.8 Å². The van der Waals surface area contributed by atoms with Crippen molar-refractivity contribution in [2.75, 3.05) is 13.2 Å². The summed E-state index contributed by atoms with van der Waals surface area (Å²) in [6.45, 7) is 4.91. The van der Waals surface area contributed by atoms with Crippen molar-refractivity contribution in [2.24, 2.45) is 0 Å². The number of rotatable bonds is 53. The van der Waals surface area contributed by atoms with E-state index in [0.29, 0.717) is 25.9 Å². The summed E-state index contributed by atoms with van der Waals surface area (Å²) in [4.78, 5) is 24.5. The lowest BCUT2D eigenvalue weighted by atomic mass is 10.0. The number of carbonyl (C=O) groups excluding carboxylic acids is 2. The van der Waals surface area contributed by atoms with Gasteiger partial charge >= 0.3 is 5.97 Å². The molecule has 0 aromatic carbocycles. The minimum absolute atomic E-state index is 0.00182. The van der Waals surface area contributed by atoms with E-state index in [-0.39, 0.29) is 18.5 Å². The Morgan fingerprint density at radius 1 is 0.431 bits per heavy atom. The number of hydrogen-bond acceptors (Lipinski definition) is 5. The minimum atomic E-state index is -0.669. The van der Waals surface area contributed by atoms with Gasteiger partial charge in [-0.3, -0.25) is 9.59 Å². The van der Waals surface area contributed by atoms with Gasteiger partial charge in [0.2, 0.25) is 5.91 Å². The summed E-state index contributed by atoms with van der Waals surface area (Å²) in [5, 5.41) is 23.2. The van der Waals surface area contributed by atoms with E-state index in [1.807, 2.05) is 0 Å². The van der Waals surface area contributed by atoms with Crippen molar-refractivity contribution in [1.29, 1.82) is 0 Å². The maximum Gasteiger partial charge on any atom is 0.305 e. The number of nitrogens with one attached hydrogen (secondary N) is 1. The Kier molecular flexibility index (Phi) is 53.1. The first kappa shape index (κ1) is 63.1. The van der Waals surface area contributed by atoms with Gasteiger partial charge in [-0.2, -0.15) is 0 Å². The molecule has 0 spiro atoms. The molecule has 0 saturated carbocycles. The van der Waals surface area contributed by atoms with E-state index in [9.17, 15) is 19.8 Å². The van der Waals surface area contributed by atoms with Gasteiger partial charge in [0.1, 0.15) is 0 Å². The first-order valence-corrected chi connectivity index (χ1v) is 28.7. The molecule has 0 fully saturated rings. The normalized spacial score (nSPS) is 12.9. The van der Waals surface area contributed by atoms with Crippen molar-refractivity contribution in [3.8, 4) is 0 Å². The molecular formula is C59H111NO5. The molecule has 382 valence electrons. The Morgan fingerprint density at radius 3 is 1.22 bits per heavy atom. The number of hydrogen-bond donors (Lipinski definition) is 3. The van der Waals surface area contributed by atoms with E-state index in [0.717, 1.165) is 51.4 Å². The van der Waals surface area contributed by atoms with Crippen molar-refractivity contribution < 1.29 is 24.5 Å². The van der Waals surface area contributed by atoms with Crippen LogP contribution in [0.5, 0.6) is 0 Å². The van der Waals surface area contributed by atoms with Gasteiger partial charge in [0.15, 0.2) is 0 Å². The molecule has 0 aromatic heterocycles. The molecule has 0 rings (SSSR count). The zero-order valence-corrected chi connectivity index (χ0v) is 43.5. The van der Waals surface area contributed by atoms with Crippen molar-refractivity contribution in [3.63, 3.8) is 0 Å². The lowest BCUT2D eigenvalue weighted by molar-refractivity contribution is -0.143. The molecule has 0 saturated heterocycles. The van der Waals surface area contributed by atoms with Crippen molar-refractivity contribution in [2.45, 2.75) is 315 Å². The zero-order valence-electron chi connectivity index (χ0n) is 43.5. The maximum atomic E-state index is 12.4. The Labute approximate surface area is 404 Å². The number of carbonyl (C=O) groups is 2. The molecule has 0 radical (unpaired) electrons. The molecule has 65 heavy (non-hydrogen) atoms. The number of unbranched alkanes of at least 4 members (excludes halogenated alkanes) is 36. The third kappa shape index (κ3) is 51.3. The van der Waals surface area contributed by atoms with E-state index in [2.05, 4.69) is 55.6 Å². The Bertz CT molecular complexity index is 1060. The number of ether oxygens (including phenoxy) is 1. The number of allylic oxidation sites excluding steroid dienone is 6. The van der Waals surface area contributed by atoms with Crippen LogP contribution in [-0.2, 0) is 14.3 Å². The van der Waals surface area contributed by atoms with Crippen molar-refractivity contribution >= 4 is 11.9 Å². The van der Waals surface area contributed by atoms with E-state index in [4.69, 9.17) is 4.74 Å². The van der Waals surface area contributed by atoms with Gasteiger partial charge in [-0.05, 0) is 83.5 Å². The fourth-order valence-electron chi connectivity index (χ4n) is 8.72. The van der Waals surface area contributed by atoms with Gasteiger partial charge < -0.3 is 20.3 Å².